The lowest BCUT2D eigenvalue weighted by molar-refractivity contribution is 0.150. The standard InChI is InChI=1S/C30H38N4O2/c1-12-13(2)21-9-23-16(5)19(11-35)25(32-23)10-24-17(6)27-29(34-24)26(18(7)30(27)36)28-15(4)14(3)22(33-28)8-20(12)31-21/h8-9,13-15,18,30-36H,10-11H2,1-7H3/b21-9?,22-8-,28-26-/t13-,14+,15+,18-,30+/m1/s1. The second-order valence-corrected chi connectivity index (χ2v) is 11.4. The van der Waals surface area contributed by atoms with Crippen LogP contribution in [0, 0.1) is 37.5 Å². The first-order valence-corrected chi connectivity index (χ1v) is 13.2. The highest BCUT2D eigenvalue weighted by molar-refractivity contribution is 5.78. The van der Waals surface area contributed by atoms with Crippen molar-refractivity contribution >= 4 is 11.6 Å². The molecule has 1 aliphatic carbocycles. The van der Waals surface area contributed by atoms with Gasteiger partial charge in [0.1, 0.15) is 0 Å². The van der Waals surface area contributed by atoms with Crippen LogP contribution < -0.4 is 10.6 Å². The minimum absolute atomic E-state index is 0.00774. The molecule has 36 heavy (non-hydrogen) atoms. The van der Waals surface area contributed by atoms with Gasteiger partial charge in [0.15, 0.2) is 0 Å². The number of nitrogens with one attached hydrogen (secondary N) is 4. The molecule has 0 saturated carbocycles. The zero-order valence-corrected chi connectivity index (χ0v) is 22.4. The molecule has 6 N–H and O–H groups in total. The van der Waals surface area contributed by atoms with Gasteiger partial charge in [-0.15, -0.1) is 0 Å². The number of aromatic nitrogens is 2. The molecule has 0 unspecified atom stereocenters. The van der Waals surface area contributed by atoms with Crippen molar-refractivity contribution in [3.05, 3.63) is 79.5 Å². The van der Waals surface area contributed by atoms with Crippen LogP contribution in [0.5, 0.6) is 0 Å². The summed E-state index contributed by atoms with van der Waals surface area (Å²) in [5, 5.41) is 29.1. The smallest absolute Gasteiger partial charge is 0.0880 e. The molecule has 5 heterocycles. The SMILES string of the molecule is CC1=C2/C=C3\N/C(=C4\c5[nH]c(c(C)c5[C@@H](O)[C@@H]4C)Cc4[nH]c(c(C)c4CO)C=C(N2)[C@@H]1C)[C@@H](C)[C@@H]3C. The minimum Gasteiger partial charge on any atom is -0.392 e. The molecule has 1 saturated heterocycles. The number of rotatable bonds is 1. The van der Waals surface area contributed by atoms with Crippen molar-refractivity contribution in [1.82, 2.24) is 20.6 Å². The summed E-state index contributed by atoms with van der Waals surface area (Å²) in [6.07, 6.45) is 4.60. The first kappa shape index (κ1) is 23.4. The number of allylic oxidation sites excluding steroid dienone is 4. The van der Waals surface area contributed by atoms with Gasteiger partial charge in [-0.1, -0.05) is 27.7 Å². The number of aliphatic hydroxyl groups is 2. The Labute approximate surface area is 213 Å². The average Bonchev–Trinajstić information content (AvgIpc) is 3.55. The summed E-state index contributed by atoms with van der Waals surface area (Å²) in [5.41, 5.74) is 15.7. The third-order valence-electron chi connectivity index (χ3n) is 9.60. The van der Waals surface area contributed by atoms with Crippen molar-refractivity contribution in [3.8, 4) is 0 Å². The zero-order chi connectivity index (χ0) is 25.6. The van der Waals surface area contributed by atoms with Gasteiger partial charge in [0.25, 0.3) is 0 Å². The lowest BCUT2D eigenvalue weighted by Gasteiger charge is -2.18. The van der Waals surface area contributed by atoms with Crippen molar-refractivity contribution in [2.45, 2.75) is 67.6 Å². The van der Waals surface area contributed by atoms with Crippen LogP contribution in [0.4, 0.5) is 0 Å². The highest BCUT2D eigenvalue weighted by atomic mass is 16.3. The second kappa shape index (κ2) is 8.02. The largest absolute Gasteiger partial charge is 0.392 e. The van der Waals surface area contributed by atoms with E-state index in [2.05, 4.69) is 81.2 Å². The van der Waals surface area contributed by atoms with Crippen LogP contribution in [0.25, 0.3) is 11.6 Å². The molecule has 190 valence electrons. The van der Waals surface area contributed by atoms with Gasteiger partial charge >= 0.3 is 0 Å². The van der Waals surface area contributed by atoms with Gasteiger partial charge in [-0.2, -0.15) is 0 Å². The Morgan fingerprint density at radius 1 is 0.861 bits per heavy atom. The van der Waals surface area contributed by atoms with Crippen molar-refractivity contribution < 1.29 is 10.2 Å². The van der Waals surface area contributed by atoms with Crippen molar-refractivity contribution in [1.29, 1.82) is 0 Å². The molecule has 0 spiro atoms. The number of hydrogen-bond acceptors (Lipinski definition) is 4. The van der Waals surface area contributed by atoms with Crippen LogP contribution in [-0.2, 0) is 13.0 Å². The fraction of sp³-hybridized carbons (Fsp3) is 0.467. The number of hydrogen-bond donors (Lipinski definition) is 6. The van der Waals surface area contributed by atoms with E-state index in [1.54, 1.807) is 0 Å². The predicted octanol–water partition coefficient (Wildman–Crippen LogP) is 5.06. The van der Waals surface area contributed by atoms with Crippen molar-refractivity contribution in [2.75, 3.05) is 0 Å². The Morgan fingerprint density at radius 3 is 2.33 bits per heavy atom. The normalized spacial score (nSPS) is 32.4. The lowest BCUT2D eigenvalue weighted by atomic mass is 9.89. The molecule has 2 aromatic heterocycles. The molecule has 5 atom stereocenters. The van der Waals surface area contributed by atoms with E-state index in [-0.39, 0.29) is 18.4 Å². The van der Waals surface area contributed by atoms with E-state index >= 15 is 0 Å². The molecule has 6 heteroatoms. The van der Waals surface area contributed by atoms with E-state index in [0.717, 1.165) is 50.7 Å². The molecule has 2 aromatic rings. The van der Waals surface area contributed by atoms with E-state index in [4.69, 9.17) is 0 Å². The van der Waals surface area contributed by atoms with Gasteiger partial charge in [0, 0.05) is 92.4 Å². The third-order valence-corrected chi connectivity index (χ3v) is 9.60. The Bertz CT molecular complexity index is 1410. The van der Waals surface area contributed by atoms with E-state index in [1.807, 2.05) is 0 Å². The maximum atomic E-state index is 11.3. The molecule has 8 bridgehead atoms. The molecule has 6 rings (SSSR count). The molecule has 0 radical (unpaired) electrons. The molecule has 0 amide bonds. The molecular formula is C30H38N4O2. The summed E-state index contributed by atoms with van der Waals surface area (Å²) in [6, 6.07) is 0. The summed E-state index contributed by atoms with van der Waals surface area (Å²) in [6.45, 7) is 15.3. The van der Waals surface area contributed by atoms with E-state index in [1.165, 1.54) is 28.2 Å². The maximum absolute atomic E-state index is 11.3. The first-order valence-electron chi connectivity index (χ1n) is 13.2. The van der Waals surface area contributed by atoms with Gasteiger partial charge < -0.3 is 30.8 Å². The van der Waals surface area contributed by atoms with Crippen LogP contribution in [-0.4, -0.2) is 20.2 Å². The van der Waals surface area contributed by atoms with E-state index in [9.17, 15) is 10.2 Å². The Hall–Kier alpha value is -2.96. The van der Waals surface area contributed by atoms with Crippen molar-refractivity contribution in [3.63, 3.8) is 0 Å². The lowest BCUT2D eigenvalue weighted by Crippen LogP contribution is -2.13. The molecular weight excluding hydrogens is 448 g/mol. The number of aromatic amines is 2. The monoisotopic (exact) mass is 486 g/mol. The Kier molecular flexibility index (Phi) is 5.22. The molecule has 3 aliphatic heterocycles. The topological polar surface area (TPSA) is 96.1 Å². The highest BCUT2D eigenvalue weighted by Gasteiger charge is 2.42. The number of fused-ring (bicyclic) bond motifs is 7. The fourth-order valence-corrected chi connectivity index (χ4v) is 6.68. The van der Waals surface area contributed by atoms with Gasteiger partial charge in [-0.05, 0) is 49.6 Å². The summed E-state index contributed by atoms with van der Waals surface area (Å²) in [4.78, 5) is 7.34. The molecule has 0 aromatic carbocycles. The molecule has 4 aliphatic rings. The van der Waals surface area contributed by atoms with Gasteiger partial charge in [0.05, 0.1) is 12.7 Å². The van der Waals surface area contributed by atoms with Crippen LogP contribution in [0.1, 0.15) is 85.8 Å². The van der Waals surface area contributed by atoms with E-state index < -0.39 is 6.10 Å². The fourth-order valence-electron chi connectivity index (χ4n) is 6.68. The second-order valence-electron chi connectivity index (χ2n) is 11.4. The maximum Gasteiger partial charge on any atom is 0.0880 e. The summed E-state index contributed by atoms with van der Waals surface area (Å²) >= 11 is 0. The van der Waals surface area contributed by atoms with Crippen LogP contribution >= 0.6 is 0 Å². The van der Waals surface area contributed by atoms with Gasteiger partial charge in [-0.25, -0.2) is 0 Å². The van der Waals surface area contributed by atoms with Crippen LogP contribution in [0.3, 0.4) is 0 Å². The van der Waals surface area contributed by atoms with Gasteiger partial charge in [-0.3, -0.25) is 0 Å². The summed E-state index contributed by atoms with van der Waals surface area (Å²) < 4.78 is 0. The Morgan fingerprint density at radius 2 is 1.61 bits per heavy atom. The molecule has 1 fully saturated rings. The van der Waals surface area contributed by atoms with Crippen LogP contribution in [0.15, 0.2) is 34.4 Å². The average molecular weight is 487 g/mol. The third kappa shape index (κ3) is 3.10. The summed E-state index contributed by atoms with van der Waals surface area (Å²) in [7, 11) is 0. The Balaban J connectivity index is 1.62. The predicted molar refractivity (Wildman–Crippen MR) is 143 cm³/mol. The minimum atomic E-state index is -0.533. The number of aliphatic hydroxyl groups excluding tert-OH is 2. The van der Waals surface area contributed by atoms with Crippen LogP contribution in [0.2, 0.25) is 0 Å². The summed E-state index contributed by atoms with van der Waals surface area (Å²) in [5.74, 6) is 0.960. The van der Waals surface area contributed by atoms with Crippen molar-refractivity contribution in [2.24, 2.45) is 23.7 Å². The van der Waals surface area contributed by atoms with Gasteiger partial charge in [0.2, 0.25) is 0 Å². The first-order chi connectivity index (χ1) is 17.1. The van der Waals surface area contributed by atoms with E-state index in [0.29, 0.717) is 18.3 Å². The molecule has 6 nitrogen and oxygen atoms in total. The quantitative estimate of drug-likeness (QED) is 0.339. The number of H-pyrrole nitrogens is 2. The highest BCUT2D eigenvalue weighted by Crippen LogP contribution is 2.51. The zero-order valence-electron chi connectivity index (χ0n) is 22.4.